The van der Waals surface area contributed by atoms with Crippen LogP contribution in [0.4, 0.5) is 0 Å². The lowest BCUT2D eigenvalue weighted by Gasteiger charge is -2.21. The van der Waals surface area contributed by atoms with Gasteiger partial charge in [-0.2, -0.15) is 0 Å². The summed E-state index contributed by atoms with van der Waals surface area (Å²) in [4.78, 5) is 16.1. The zero-order chi connectivity index (χ0) is 24.5. The second kappa shape index (κ2) is 9.50. The Kier molecular flexibility index (Phi) is 6.66. The molecule has 4 rings (SSSR count). The van der Waals surface area contributed by atoms with Crippen LogP contribution in [0.2, 0.25) is 5.02 Å². The molecule has 0 unspecified atom stereocenters. The van der Waals surface area contributed by atoms with Crippen LogP contribution in [-0.4, -0.2) is 26.8 Å². The first kappa shape index (κ1) is 23.8. The Morgan fingerprint density at radius 3 is 2.59 bits per heavy atom. The summed E-state index contributed by atoms with van der Waals surface area (Å²) < 4.78 is 17.2. The number of hydrogen-bond donors (Lipinski definition) is 1. The molecule has 1 N–H and O–H groups in total. The third kappa shape index (κ3) is 5.09. The third-order valence-electron chi connectivity index (χ3n) is 5.48. The smallest absolute Gasteiger partial charge is 0.347 e. The zero-order valence-electron chi connectivity index (χ0n) is 19.6. The second-order valence-electron chi connectivity index (χ2n) is 9.17. The molecule has 4 aromatic rings. The van der Waals surface area contributed by atoms with E-state index < -0.39 is 11.6 Å². The Labute approximate surface area is 202 Å². The van der Waals surface area contributed by atoms with E-state index in [9.17, 15) is 9.90 Å². The summed E-state index contributed by atoms with van der Waals surface area (Å²) in [5.74, 6) is 1.13. The molecule has 0 saturated carbocycles. The molecule has 0 amide bonds. The van der Waals surface area contributed by atoms with Gasteiger partial charge in [0.05, 0.1) is 22.0 Å². The van der Waals surface area contributed by atoms with E-state index >= 15 is 0 Å². The molecule has 7 nitrogen and oxygen atoms in total. The molecule has 8 heteroatoms. The fraction of sp³-hybridized carbons (Fsp3) is 0.346. The Balaban J connectivity index is 1.56. The van der Waals surface area contributed by atoms with Crippen molar-refractivity contribution in [3.8, 4) is 17.2 Å². The van der Waals surface area contributed by atoms with E-state index in [1.54, 1.807) is 12.1 Å². The minimum absolute atomic E-state index is 0.405. The fourth-order valence-corrected chi connectivity index (χ4v) is 3.86. The van der Waals surface area contributed by atoms with E-state index in [0.29, 0.717) is 41.0 Å². The number of halogens is 1. The molecule has 0 radical (unpaired) electrons. The first-order valence-corrected chi connectivity index (χ1v) is 11.6. The summed E-state index contributed by atoms with van der Waals surface area (Å²) in [6.07, 6.45) is 2.00. The van der Waals surface area contributed by atoms with Crippen LogP contribution in [0.5, 0.6) is 5.75 Å². The van der Waals surface area contributed by atoms with Crippen molar-refractivity contribution in [1.82, 2.24) is 10.1 Å². The fourth-order valence-electron chi connectivity index (χ4n) is 3.65. The van der Waals surface area contributed by atoms with E-state index in [4.69, 9.17) is 30.3 Å². The SMILES string of the molecule is CC(C)Cc1oc(-c2ccccc2Cl)nc1CCc1noc2cc(OC(C)(C)C(=O)O)ccc12. The number of fused-ring (bicyclic) bond motifs is 1. The van der Waals surface area contributed by atoms with Gasteiger partial charge in [0, 0.05) is 17.9 Å². The predicted molar refractivity (Wildman–Crippen MR) is 129 cm³/mol. The third-order valence-corrected chi connectivity index (χ3v) is 5.81. The molecule has 34 heavy (non-hydrogen) atoms. The molecule has 0 atom stereocenters. The van der Waals surface area contributed by atoms with Crippen LogP contribution in [0.25, 0.3) is 22.4 Å². The Morgan fingerprint density at radius 1 is 1.15 bits per heavy atom. The number of rotatable bonds is 9. The minimum Gasteiger partial charge on any atom is -0.478 e. The Morgan fingerprint density at radius 2 is 1.88 bits per heavy atom. The van der Waals surface area contributed by atoms with Crippen LogP contribution >= 0.6 is 11.6 Å². The second-order valence-corrected chi connectivity index (χ2v) is 9.58. The number of aryl methyl sites for hydroxylation is 2. The van der Waals surface area contributed by atoms with E-state index in [1.807, 2.05) is 30.3 Å². The van der Waals surface area contributed by atoms with Gasteiger partial charge in [-0.1, -0.05) is 42.7 Å². The number of carboxylic acids is 1. The molecule has 0 aliphatic heterocycles. The van der Waals surface area contributed by atoms with Crippen molar-refractivity contribution < 1.29 is 23.6 Å². The van der Waals surface area contributed by atoms with Gasteiger partial charge in [-0.05, 0) is 56.9 Å². The number of aliphatic carboxylic acids is 1. The van der Waals surface area contributed by atoms with Crippen LogP contribution in [0.15, 0.2) is 51.4 Å². The Bertz CT molecular complexity index is 1320. The van der Waals surface area contributed by atoms with E-state index in [1.165, 1.54) is 13.8 Å². The standard InChI is InChI=1S/C26H27ClN2O5/c1-15(2)13-23-21(28-24(32-23)17-7-5-6-8-19(17)27)12-11-20-18-10-9-16(14-22(18)34-29-20)33-26(3,4)25(30)31/h5-10,14-15H,11-13H2,1-4H3,(H,30,31). The number of aromatic nitrogens is 2. The first-order chi connectivity index (χ1) is 16.1. The van der Waals surface area contributed by atoms with Gasteiger partial charge in [0.25, 0.3) is 0 Å². The van der Waals surface area contributed by atoms with Crippen LogP contribution in [0, 0.1) is 5.92 Å². The van der Waals surface area contributed by atoms with Gasteiger partial charge < -0.3 is 18.8 Å². The lowest BCUT2D eigenvalue weighted by atomic mass is 10.0. The number of benzene rings is 2. The Hall–Kier alpha value is -3.32. The monoisotopic (exact) mass is 482 g/mol. The molecule has 0 spiro atoms. The molecule has 0 aliphatic carbocycles. The maximum absolute atomic E-state index is 11.3. The van der Waals surface area contributed by atoms with E-state index in [2.05, 4.69) is 19.0 Å². The minimum atomic E-state index is -1.35. The molecule has 0 bridgehead atoms. The highest BCUT2D eigenvalue weighted by Crippen LogP contribution is 2.31. The highest BCUT2D eigenvalue weighted by atomic mass is 35.5. The summed E-state index contributed by atoms with van der Waals surface area (Å²) >= 11 is 6.35. The average molecular weight is 483 g/mol. The van der Waals surface area contributed by atoms with Crippen LogP contribution in [0.3, 0.4) is 0 Å². The zero-order valence-corrected chi connectivity index (χ0v) is 20.3. The van der Waals surface area contributed by atoms with Gasteiger partial charge in [-0.3, -0.25) is 0 Å². The summed E-state index contributed by atoms with van der Waals surface area (Å²) in [6.45, 7) is 7.26. The van der Waals surface area contributed by atoms with Crippen molar-refractivity contribution >= 4 is 28.5 Å². The number of carboxylic acid groups (broad SMARTS) is 1. The molecular weight excluding hydrogens is 456 g/mol. The summed E-state index contributed by atoms with van der Waals surface area (Å²) in [6, 6.07) is 12.7. The molecule has 2 aromatic heterocycles. The number of oxazole rings is 1. The number of ether oxygens (including phenoxy) is 1. The van der Waals surface area contributed by atoms with Crippen molar-refractivity contribution in [1.29, 1.82) is 0 Å². The van der Waals surface area contributed by atoms with Crippen LogP contribution in [-0.2, 0) is 24.1 Å². The van der Waals surface area contributed by atoms with Gasteiger partial charge in [-0.25, -0.2) is 9.78 Å². The van der Waals surface area contributed by atoms with Crippen LogP contribution in [0.1, 0.15) is 44.8 Å². The lowest BCUT2D eigenvalue weighted by Crippen LogP contribution is -2.37. The topological polar surface area (TPSA) is 98.6 Å². The molecular formula is C26H27ClN2O5. The van der Waals surface area contributed by atoms with Crippen molar-refractivity contribution in [2.45, 2.75) is 52.6 Å². The van der Waals surface area contributed by atoms with E-state index in [0.717, 1.165) is 34.5 Å². The quantitative estimate of drug-likeness (QED) is 0.296. The number of carbonyl (C=O) groups is 1. The van der Waals surface area contributed by atoms with Gasteiger partial charge >= 0.3 is 5.97 Å². The van der Waals surface area contributed by atoms with Crippen molar-refractivity contribution in [3.63, 3.8) is 0 Å². The average Bonchev–Trinajstić information content (AvgIpc) is 3.35. The highest BCUT2D eigenvalue weighted by molar-refractivity contribution is 6.33. The van der Waals surface area contributed by atoms with Crippen molar-refractivity contribution in [2.75, 3.05) is 0 Å². The normalized spacial score (nSPS) is 11.9. The first-order valence-electron chi connectivity index (χ1n) is 11.2. The molecule has 178 valence electrons. The molecule has 2 aromatic carbocycles. The van der Waals surface area contributed by atoms with Crippen molar-refractivity contribution in [3.05, 3.63) is 64.6 Å². The molecule has 2 heterocycles. The molecule has 0 aliphatic rings. The summed E-state index contributed by atoms with van der Waals surface area (Å²) in [5.41, 5.74) is 1.62. The van der Waals surface area contributed by atoms with Gasteiger partial charge in [-0.15, -0.1) is 0 Å². The number of hydrogen-bond acceptors (Lipinski definition) is 6. The van der Waals surface area contributed by atoms with Crippen LogP contribution < -0.4 is 4.74 Å². The van der Waals surface area contributed by atoms with Gasteiger partial charge in [0.2, 0.25) is 5.89 Å². The van der Waals surface area contributed by atoms with E-state index in [-0.39, 0.29) is 0 Å². The van der Waals surface area contributed by atoms with Crippen molar-refractivity contribution in [2.24, 2.45) is 5.92 Å². The lowest BCUT2D eigenvalue weighted by molar-refractivity contribution is -0.152. The van der Waals surface area contributed by atoms with Gasteiger partial charge in [0.1, 0.15) is 11.5 Å². The maximum Gasteiger partial charge on any atom is 0.347 e. The largest absolute Gasteiger partial charge is 0.478 e. The number of nitrogens with zero attached hydrogens (tertiary/aromatic N) is 2. The van der Waals surface area contributed by atoms with Gasteiger partial charge in [0.15, 0.2) is 11.2 Å². The maximum atomic E-state index is 11.3. The summed E-state index contributed by atoms with van der Waals surface area (Å²) in [7, 11) is 0. The molecule has 0 saturated heterocycles. The summed E-state index contributed by atoms with van der Waals surface area (Å²) in [5, 5.41) is 15.0. The molecule has 0 fully saturated rings. The predicted octanol–water partition coefficient (Wildman–Crippen LogP) is 6.36. The highest BCUT2D eigenvalue weighted by Gasteiger charge is 2.29.